The first-order valence-electron chi connectivity index (χ1n) is 9.12. The van der Waals surface area contributed by atoms with Gasteiger partial charge in [0, 0.05) is 31.3 Å². The van der Waals surface area contributed by atoms with Gasteiger partial charge in [0.1, 0.15) is 11.5 Å². The Hall–Kier alpha value is -3.73. The summed E-state index contributed by atoms with van der Waals surface area (Å²) in [6.45, 7) is 0.611. The van der Waals surface area contributed by atoms with Crippen molar-refractivity contribution >= 4 is 11.7 Å². The van der Waals surface area contributed by atoms with E-state index in [1.165, 1.54) is 5.56 Å². The molecule has 0 aliphatic carbocycles. The predicted octanol–water partition coefficient (Wildman–Crippen LogP) is 4.17. The quantitative estimate of drug-likeness (QED) is 0.556. The Morgan fingerprint density at radius 1 is 0.857 bits per heavy atom. The second-order valence-corrected chi connectivity index (χ2v) is 6.54. The van der Waals surface area contributed by atoms with E-state index in [0.29, 0.717) is 18.1 Å². The molecule has 0 saturated heterocycles. The molecule has 0 aliphatic heterocycles. The number of hydrogen-bond acceptors (Lipinski definition) is 3. The van der Waals surface area contributed by atoms with Crippen LogP contribution in [0.3, 0.4) is 0 Å². The SMILES string of the molecule is O=C(Nc1cc(Cc2ccccc2)ccn1)c1cccn1Cc1ccncc1. The van der Waals surface area contributed by atoms with Crippen LogP contribution in [0.1, 0.15) is 27.2 Å². The van der Waals surface area contributed by atoms with E-state index in [-0.39, 0.29) is 5.91 Å². The Balaban J connectivity index is 1.47. The van der Waals surface area contributed by atoms with E-state index in [0.717, 1.165) is 17.5 Å². The highest BCUT2D eigenvalue weighted by Gasteiger charge is 2.12. The fourth-order valence-corrected chi connectivity index (χ4v) is 3.11. The summed E-state index contributed by atoms with van der Waals surface area (Å²) in [5.41, 5.74) is 4.00. The molecule has 0 saturated carbocycles. The van der Waals surface area contributed by atoms with Crippen molar-refractivity contribution in [1.82, 2.24) is 14.5 Å². The number of pyridine rings is 2. The minimum Gasteiger partial charge on any atom is -0.339 e. The highest BCUT2D eigenvalue weighted by atomic mass is 16.2. The molecule has 0 atom stereocenters. The van der Waals surface area contributed by atoms with Gasteiger partial charge in [-0.2, -0.15) is 0 Å². The Morgan fingerprint density at radius 2 is 1.64 bits per heavy atom. The maximum absolute atomic E-state index is 12.8. The van der Waals surface area contributed by atoms with E-state index in [4.69, 9.17) is 0 Å². The van der Waals surface area contributed by atoms with Crippen molar-refractivity contribution in [1.29, 1.82) is 0 Å². The summed E-state index contributed by atoms with van der Waals surface area (Å²) in [5, 5.41) is 2.91. The first-order valence-corrected chi connectivity index (χ1v) is 9.12. The molecule has 28 heavy (non-hydrogen) atoms. The van der Waals surface area contributed by atoms with E-state index in [9.17, 15) is 4.79 Å². The highest BCUT2D eigenvalue weighted by molar-refractivity contribution is 6.02. The number of amides is 1. The molecular formula is C23H20N4O. The van der Waals surface area contributed by atoms with Crippen LogP contribution < -0.4 is 5.32 Å². The molecule has 0 aliphatic rings. The minimum absolute atomic E-state index is 0.177. The number of hydrogen-bond donors (Lipinski definition) is 1. The summed E-state index contributed by atoms with van der Waals surface area (Å²) in [6, 6.07) is 21.7. The number of nitrogens with one attached hydrogen (secondary N) is 1. The van der Waals surface area contributed by atoms with Gasteiger partial charge in [-0.05, 0) is 59.5 Å². The number of aromatic nitrogens is 3. The van der Waals surface area contributed by atoms with Crippen molar-refractivity contribution in [3.63, 3.8) is 0 Å². The average molecular weight is 368 g/mol. The van der Waals surface area contributed by atoms with Crippen LogP contribution >= 0.6 is 0 Å². The first-order chi connectivity index (χ1) is 13.8. The molecule has 5 nitrogen and oxygen atoms in total. The van der Waals surface area contributed by atoms with Crippen LogP contribution in [-0.4, -0.2) is 20.4 Å². The lowest BCUT2D eigenvalue weighted by molar-refractivity contribution is 0.101. The zero-order valence-electron chi connectivity index (χ0n) is 15.3. The van der Waals surface area contributed by atoms with Gasteiger partial charge in [-0.15, -0.1) is 0 Å². The van der Waals surface area contributed by atoms with E-state index in [1.807, 2.05) is 65.4 Å². The number of carbonyl (C=O) groups is 1. The first kappa shape index (κ1) is 17.7. The molecule has 0 fully saturated rings. The predicted molar refractivity (Wildman–Crippen MR) is 109 cm³/mol. The Bertz CT molecular complexity index is 1060. The van der Waals surface area contributed by atoms with Crippen LogP contribution in [0.4, 0.5) is 5.82 Å². The molecule has 4 aromatic rings. The molecule has 1 aromatic carbocycles. The highest BCUT2D eigenvalue weighted by Crippen LogP contribution is 2.14. The summed E-state index contributed by atoms with van der Waals surface area (Å²) in [7, 11) is 0. The third-order valence-corrected chi connectivity index (χ3v) is 4.48. The molecule has 0 bridgehead atoms. The lowest BCUT2D eigenvalue weighted by Gasteiger charge is -2.10. The van der Waals surface area contributed by atoms with Gasteiger partial charge < -0.3 is 9.88 Å². The standard InChI is InChI=1S/C23H20N4O/c28-23(21-7-4-14-27(21)17-19-8-11-24-12-9-19)26-22-16-20(10-13-25-22)15-18-5-2-1-3-6-18/h1-14,16H,15,17H2,(H,25,26,28). The number of benzene rings is 1. The second-order valence-electron chi connectivity index (χ2n) is 6.54. The number of carbonyl (C=O) groups excluding carboxylic acids is 1. The number of rotatable bonds is 6. The van der Waals surface area contributed by atoms with Crippen LogP contribution in [0.2, 0.25) is 0 Å². The smallest absolute Gasteiger partial charge is 0.273 e. The largest absolute Gasteiger partial charge is 0.339 e. The summed E-state index contributed by atoms with van der Waals surface area (Å²) in [5.74, 6) is 0.374. The lowest BCUT2D eigenvalue weighted by atomic mass is 10.1. The molecule has 5 heteroatoms. The number of nitrogens with zero attached hydrogens (tertiary/aromatic N) is 3. The van der Waals surface area contributed by atoms with Crippen molar-refractivity contribution in [3.8, 4) is 0 Å². The Kier molecular flexibility index (Phi) is 5.24. The molecule has 0 radical (unpaired) electrons. The van der Waals surface area contributed by atoms with E-state index >= 15 is 0 Å². The fourth-order valence-electron chi connectivity index (χ4n) is 3.11. The maximum atomic E-state index is 12.8. The van der Waals surface area contributed by atoms with Crippen LogP contribution in [0.5, 0.6) is 0 Å². The molecule has 0 unspecified atom stereocenters. The van der Waals surface area contributed by atoms with Gasteiger partial charge in [0.25, 0.3) is 5.91 Å². The summed E-state index contributed by atoms with van der Waals surface area (Å²) in [4.78, 5) is 21.1. The van der Waals surface area contributed by atoms with Crippen molar-refractivity contribution in [3.05, 3.63) is 114 Å². The van der Waals surface area contributed by atoms with Crippen LogP contribution in [0, 0.1) is 0 Å². The normalized spacial score (nSPS) is 10.6. The summed E-state index contributed by atoms with van der Waals surface area (Å²) in [6.07, 6.45) is 7.92. The van der Waals surface area contributed by atoms with Crippen molar-refractivity contribution in [2.24, 2.45) is 0 Å². The second kappa shape index (κ2) is 8.31. The number of anilines is 1. The zero-order chi connectivity index (χ0) is 19.2. The van der Waals surface area contributed by atoms with Gasteiger partial charge in [0.05, 0.1) is 0 Å². The molecule has 1 amide bonds. The Morgan fingerprint density at radius 3 is 2.46 bits per heavy atom. The molecule has 4 rings (SSSR count). The molecule has 138 valence electrons. The van der Waals surface area contributed by atoms with Crippen LogP contribution in [-0.2, 0) is 13.0 Å². The van der Waals surface area contributed by atoms with Gasteiger partial charge in [-0.3, -0.25) is 9.78 Å². The van der Waals surface area contributed by atoms with Crippen molar-refractivity contribution in [2.45, 2.75) is 13.0 Å². The minimum atomic E-state index is -0.177. The molecule has 1 N–H and O–H groups in total. The Labute approximate surface area is 163 Å². The molecule has 0 spiro atoms. The molecule has 3 heterocycles. The zero-order valence-corrected chi connectivity index (χ0v) is 15.3. The van der Waals surface area contributed by atoms with Crippen LogP contribution in [0.25, 0.3) is 0 Å². The van der Waals surface area contributed by atoms with E-state index in [2.05, 4.69) is 27.4 Å². The topological polar surface area (TPSA) is 59.8 Å². The maximum Gasteiger partial charge on any atom is 0.273 e. The van der Waals surface area contributed by atoms with E-state index < -0.39 is 0 Å². The molecule has 3 aromatic heterocycles. The molecular weight excluding hydrogens is 348 g/mol. The van der Waals surface area contributed by atoms with Crippen molar-refractivity contribution in [2.75, 3.05) is 5.32 Å². The van der Waals surface area contributed by atoms with Crippen LogP contribution in [0.15, 0.2) is 91.5 Å². The van der Waals surface area contributed by atoms with Gasteiger partial charge in [-0.1, -0.05) is 30.3 Å². The lowest BCUT2D eigenvalue weighted by Crippen LogP contribution is -2.18. The monoisotopic (exact) mass is 368 g/mol. The summed E-state index contributed by atoms with van der Waals surface area (Å²) >= 11 is 0. The summed E-state index contributed by atoms with van der Waals surface area (Å²) < 4.78 is 1.92. The van der Waals surface area contributed by atoms with Gasteiger partial charge >= 0.3 is 0 Å². The third-order valence-electron chi connectivity index (χ3n) is 4.48. The van der Waals surface area contributed by atoms with Crippen molar-refractivity contribution < 1.29 is 4.79 Å². The third kappa shape index (κ3) is 4.32. The van der Waals surface area contributed by atoms with Gasteiger partial charge in [0.2, 0.25) is 0 Å². The van der Waals surface area contributed by atoms with E-state index in [1.54, 1.807) is 18.6 Å². The van der Waals surface area contributed by atoms with Gasteiger partial charge in [0.15, 0.2) is 0 Å². The fraction of sp³-hybridized carbons (Fsp3) is 0.0870. The average Bonchev–Trinajstić information content (AvgIpc) is 3.18. The van der Waals surface area contributed by atoms with Gasteiger partial charge in [-0.25, -0.2) is 4.98 Å².